The molecule has 1 heterocycles. The van der Waals surface area contributed by atoms with Crippen LogP contribution in [0.25, 0.3) is 0 Å². The average Bonchev–Trinajstić information content (AvgIpc) is 2.99. The molecule has 0 aliphatic heterocycles. The predicted octanol–water partition coefficient (Wildman–Crippen LogP) is 3.68. The highest BCUT2D eigenvalue weighted by molar-refractivity contribution is 7.10. The van der Waals surface area contributed by atoms with Gasteiger partial charge in [-0.3, -0.25) is 4.79 Å². The third kappa shape index (κ3) is 4.17. The van der Waals surface area contributed by atoms with E-state index >= 15 is 0 Å². The van der Waals surface area contributed by atoms with E-state index in [-0.39, 0.29) is 11.9 Å². The quantitative estimate of drug-likeness (QED) is 0.915. The van der Waals surface area contributed by atoms with E-state index < -0.39 is 0 Å². The zero-order valence-corrected chi connectivity index (χ0v) is 13.0. The van der Waals surface area contributed by atoms with Crippen molar-refractivity contribution in [3.8, 4) is 6.07 Å². The van der Waals surface area contributed by atoms with Crippen LogP contribution in [0.2, 0.25) is 0 Å². The molecule has 0 aliphatic carbocycles. The number of thiophene rings is 1. The van der Waals surface area contributed by atoms with Gasteiger partial charge >= 0.3 is 0 Å². The summed E-state index contributed by atoms with van der Waals surface area (Å²) in [6.45, 7) is 4.21. The Morgan fingerprint density at radius 1 is 1.29 bits per heavy atom. The van der Waals surface area contributed by atoms with Crippen molar-refractivity contribution in [2.24, 2.45) is 5.92 Å². The molecule has 21 heavy (non-hydrogen) atoms. The van der Waals surface area contributed by atoms with Gasteiger partial charge in [0.25, 0.3) is 0 Å². The molecular weight excluding hydrogens is 280 g/mol. The van der Waals surface area contributed by atoms with Crippen molar-refractivity contribution in [1.29, 1.82) is 5.26 Å². The Morgan fingerprint density at radius 3 is 2.52 bits per heavy atom. The summed E-state index contributed by atoms with van der Waals surface area (Å²) in [6, 6.07) is 13.3. The summed E-state index contributed by atoms with van der Waals surface area (Å²) in [5.74, 6) is 0.348. The van der Waals surface area contributed by atoms with Gasteiger partial charge in [0.15, 0.2) is 0 Å². The van der Waals surface area contributed by atoms with E-state index in [1.165, 1.54) is 4.88 Å². The van der Waals surface area contributed by atoms with Gasteiger partial charge in [-0.05, 0) is 35.1 Å². The molecule has 3 nitrogen and oxygen atoms in total. The molecule has 0 saturated heterocycles. The first-order chi connectivity index (χ1) is 10.1. The molecule has 0 fully saturated rings. The summed E-state index contributed by atoms with van der Waals surface area (Å²) in [4.78, 5) is 13.4. The van der Waals surface area contributed by atoms with Crippen molar-refractivity contribution in [2.45, 2.75) is 26.3 Å². The fraction of sp³-hybridized carbons (Fsp3) is 0.294. The largest absolute Gasteiger partial charge is 0.348 e. The molecule has 1 amide bonds. The van der Waals surface area contributed by atoms with Crippen LogP contribution in [0.3, 0.4) is 0 Å². The summed E-state index contributed by atoms with van der Waals surface area (Å²) in [6.07, 6.45) is 0.334. The van der Waals surface area contributed by atoms with Crippen molar-refractivity contribution >= 4 is 17.2 Å². The Morgan fingerprint density at radius 2 is 2.00 bits per heavy atom. The first kappa shape index (κ1) is 15.3. The minimum Gasteiger partial charge on any atom is -0.348 e. The normalized spacial score (nSPS) is 11.9. The van der Waals surface area contributed by atoms with Gasteiger partial charge in [-0.2, -0.15) is 5.26 Å². The Kier molecular flexibility index (Phi) is 5.13. The third-order valence-electron chi connectivity index (χ3n) is 3.28. The average molecular weight is 298 g/mol. The number of carbonyl (C=O) groups excluding carboxylic acids is 1. The second kappa shape index (κ2) is 7.05. The number of rotatable bonds is 5. The van der Waals surface area contributed by atoms with Crippen molar-refractivity contribution < 1.29 is 4.79 Å². The predicted molar refractivity (Wildman–Crippen MR) is 84.9 cm³/mol. The lowest BCUT2D eigenvalue weighted by Gasteiger charge is -2.21. The summed E-state index contributed by atoms with van der Waals surface area (Å²) in [7, 11) is 0. The molecule has 2 rings (SSSR count). The van der Waals surface area contributed by atoms with Crippen LogP contribution in [0.5, 0.6) is 0 Å². The molecule has 0 bridgehead atoms. The second-order valence-electron chi connectivity index (χ2n) is 5.29. The third-order valence-corrected chi connectivity index (χ3v) is 4.24. The number of nitrogens with one attached hydrogen (secondary N) is 1. The summed E-state index contributed by atoms with van der Waals surface area (Å²) < 4.78 is 0. The van der Waals surface area contributed by atoms with E-state index in [2.05, 4.69) is 31.3 Å². The van der Waals surface area contributed by atoms with E-state index in [4.69, 9.17) is 5.26 Å². The number of nitriles is 1. The molecule has 2 aromatic rings. The Hall–Kier alpha value is -2.12. The zero-order valence-electron chi connectivity index (χ0n) is 12.2. The smallest absolute Gasteiger partial charge is 0.224 e. The molecule has 1 aromatic carbocycles. The molecule has 0 radical (unpaired) electrons. The molecular formula is C17H18N2OS. The number of benzene rings is 1. The van der Waals surface area contributed by atoms with Crippen LogP contribution in [-0.2, 0) is 11.2 Å². The fourth-order valence-corrected chi connectivity index (χ4v) is 3.09. The second-order valence-corrected chi connectivity index (χ2v) is 6.27. The van der Waals surface area contributed by atoms with Crippen LogP contribution in [0.15, 0.2) is 41.8 Å². The van der Waals surface area contributed by atoms with Gasteiger partial charge in [0, 0.05) is 4.88 Å². The fourth-order valence-electron chi connectivity index (χ4n) is 2.14. The number of amides is 1. The Labute approximate surface area is 129 Å². The maximum absolute atomic E-state index is 12.2. The number of nitrogens with zero attached hydrogens (tertiary/aromatic N) is 1. The SMILES string of the molecule is CC(C)C(NC(=O)Cc1ccc(C#N)cc1)c1cccs1. The van der Waals surface area contributed by atoms with Gasteiger partial charge in [0.1, 0.15) is 0 Å². The van der Waals surface area contributed by atoms with Crippen LogP contribution in [0, 0.1) is 17.2 Å². The molecule has 1 aromatic heterocycles. The summed E-state index contributed by atoms with van der Waals surface area (Å²) >= 11 is 1.66. The number of hydrogen-bond acceptors (Lipinski definition) is 3. The monoisotopic (exact) mass is 298 g/mol. The topological polar surface area (TPSA) is 52.9 Å². The van der Waals surface area contributed by atoms with Crippen LogP contribution in [0.1, 0.15) is 35.9 Å². The first-order valence-corrected chi connectivity index (χ1v) is 7.80. The number of hydrogen-bond donors (Lipinski definition) is 1. The first-order valence-electron chi connectivity index (χ1n) is 6.92. The van der Waals surface area contributed by atoms with Gasteiger partial charge in [-0.15, -0.1) is 11.3 Å². The molecule has 1 unspecified atom stereocenters. The molecule has 4 heteroatoms. The maximum atomic E-state index is 12.2. The van der Waals surface area contributed by atoms with Crippen LogP contribution in [-0.4, -0.2) is 5.91 Å². The van der Waals surface area contributed by atoms with Gasteiger partial charge < -0.3 is 5.32 Å². The maximum Gasteiger partial charge on any atom is 0.224 e. The highest BCUT2D eigenvalue weighted by Crippen LogP contribution is 2.25. The standard InChI is InChI=1S/C17H18N2OS/c1-12(2)17(15-4-3-9-21-15)19-16(20)10-13-5-7-14(11-18)8-6-13/h3-9,12,17H,10H2,1-2H3,(H,19,20). The van der Waals surface area contributed by atoms with Crippen LogP contribution >= 0.6 is 11.3 Å². The van der Waals surface area contributed by atoms with E-state index in [9.17, 15) is 4.79 Å². The summed E-state index contributed by atoms with van der Waals surface area (Å²) in [5, 5.41) is 13.9. The zero-order chi connectivity index (χ0) is 15.2. The molecule has 108 valence electrons. The van der Waals surface area contributed by atoms with E-state index in [1.807, 2.05) is 23.6 Å². The highest BCUT2D eigenvalue weighted by atomic mass is 32.1. The van der Waals surface area contributed by atoms with Gasteiger partial charge in [0.2, 0.25) is 5.91 Å². The van der Waals surface area contributed by atoms with Gasteiger partial charge in [-0.25, -0.2) is 0 Å². The number of carbonyl (C=O) groups is 1. The molecule has 1 atom stereocenters. The van der Waals surface area contributed by atoms with Crippen molar-refractivity contribution in [2.75, 3.05) is 0 Å². The molecule has 1 N–H and O–H groups in total. The lowest BCUT2D eigenvalue weighted by molar-refractivity contribution is -0.121. The van der Waals surface area contributed by atoms with Gasteiger partial charge in [-0.1, -0.05) is 32.0 Å². The minimum atomic E-state index is 0.00630. The van der Waals surface area contributed by atoms with Crippen molar-refractivity contribution in [3.63, 3.8) is 0 Å². The van der Waals surface area contributed by atoms with Crippen molar-refractivity contribution in [3.05, 3.63) is 57.8 Å². The molecule has 0 saturated carbocycles. The molecule has 0 aliphatic rings. The minimum absolute atomic E-state index is 0.00630. The highest BCUT2D eigenvalue weighted by Gasteiger charge is 2.19. The Bertz CT molecular complexity index is 624. The lowest BCUT2D eigenvalue weighted by Crippen LogP contribution is -2.32. The van der Waals surface area contributed by atoms with E-state index in [0.29, 0.717) is 17.9 Å². The van der Waals surface area contributed by atoms with E-state index in [1.54, 1.807) is 23.5 Å². The lowest BCUT2D eigenvalue weighted by atomic mass is 10.0. The van der Waals surface area contributed by atoms with Gasteiger partial charge in [0.05, 0.1) is 24.1 Å². The molecule has 0 spiro atoms. The Balaban J connectivity index is 2.01. The summed E-state index contributed by atoms with van der Waals surface area (Å²) in [5.41, 5.74) is 1.53. The van der Waals surface area contributed by atoms with Crippen LogP contribution < -0.4 is 5.32 Å². The van der Waals surface area contributed by atoms with Crippen LogP contribution in [0.4, 0.5) is 0 Å². The van der Waals surface area contributed by atoms with E-state index in [0.717, 1.165) is 5.56 Å². The van der Waals surface area contributed by atoms with Crippen molar-refractivity contribution in [1.82, 2.24) is 5.32 Å².